The first-order valence-corrected chi connectivity index (χ1v) is 2.34. The molecule has 0 aliphatic carbocycles. The van der Waals surface area contributed by atoms with Crippen molar-refractivity contribution >= 4 is 5.97 Å². The minimum atomic E-state index is -0.451. The Morgan fingerprint density at radius 2 is 2.78 bits per heavy atom. The number of hydrogen-bond donors (Lipinski definition) is 1. The van der Waals surface area contributed by atoms with Gasteiger partial charge in [-0.2, -0.15) is 0 Å². The van der Waals surface area contributed by atoms with E-state index in [0.717, 1.165) is 0 Å². The van der Waals surface area contributed by atoms with Gasteiger partial charge in [-0.25, -0.2) is 9.78 Å². The maximum atomic E-state index is 10.5. The average molecular weight is 125 g/mol. The first kappa shape index (κ1) is 5.81. The van der Waals surface area contributed by atoms with Crippen LogP contribution in [0.1, 0.15) is 10.5 Å². The van der Waals surface area contributed by atoms with Crippen molar-refractivity contribution in [1.82, 2.24) is 9.97 Å². The second kappa shape index (κ2) is 2.30. The van der Waals surface area contributed by atoms with E-state index in [4.69, 9.17) is 0 Å². The standard InChI is InChI=1S/C5H5N2O2/c1-9-5(8)4-2-6-3-7-4/h2H,1H3,(H,6,7). The van der Waals surface area contributed by atoms with Crippen LogP contribution in [0.4, 0.5) is 0 Å². The molecule has 1 rings (SSSR count). The van der Waals surface area contributed by atoms with Crippen molar-refractivity contribution in [2.45, 2.75) is 0 Å². The molecule has 1 heterocycles. The molecular weight excluding hydrogens is 120 g/mol. The van der Waals surface area contributed by atoms with Gasteiger partial charge in [0.15, 0.2) is 12.0 Å². The lowest BCUT2D eigenvalue weighted by atomic mass is 10.5. The molecule has 0 aromatic carbocycles. The summed E-state index contributed by atoms with van der Waals surface area (Å²) in [6.07, 6.45) is 3.79. The third kappa shape index (κ3) is 1.07. The fourth-order valence-corrected chi connectivity index (χ4v) is 0.435. The number of nitrogens with one attached hydrogen (secondary N) is 1. The molecule has 4 heteroatoms. The van der Waals surface area contributed by atoms with Gasteiger partial charge in [0.25, 0.3) is 0 Å². The van der Waals surface area contributed by atoms with Gasteiger partial charge in [-0.15, -0.1) is 0 Å². The molecule has 4 nitrogen and oxygen atoms in total. The Morgan fingerprint density at radius 1 is 2.00 bits per heavy atom. The van der Waals surface area contributed by atoms with Crippen molar-refractivity contribution in [2.75, 3.05) is 7.11 Å². The number of carbonyl (C=O) groups excluding carboxylic acids is 1. The van der Waals surface area contributed by atoms with Crippen LogP contribution in [-0.2, 0) is 4.74 Å². The predicted molar refractivity (Wildman–Crippen MR) is 28.8 cm³/mol. The predicted octanol–water partition coefficient (Wildman–Crippen LogP) is -0.00351. The van der Waals surface area contributed by atoms with Gasteiger partial charge >= 0.3 is 5.97 Å². The Labute approximate surface area is 51.9 Å². The summed E-state index contributed by atoms with van der Waals surface area (Å²) < 4.78 is 4.35. The van der Waals surface area contributed by atoms with Gasteiger partial charge in [0, 0.05) is 6.20 Å². The molecule has 0 saturated carbocycles. The van der Waals surface area contributed by atoms with Crippen LogP contribution >= 0.6 is 0 Å². The van der Waals surface area contributed by atoms with Gasteiger partial charge in [-0.1, -0.05) is 0 Å². The molecular formula is C5H5N2O2. The SMILES string of the molecule is COC(=O)c1c[nH][c]n1. The Kier molecular flexibility index (Phi) is 1.48. The van der Waals surface area contributed by atoms with Crippen LogP contribution in [0.5, 0.6) is 0 Å². The zero-order valence-electron chi connectivity index (χ0n) is 4.84. The fourth-order valence-electron chi connectivity index (χ4n) is 0.435. The third-order valence-electron chi connectivity index (χ3n) is 0.844. The second-order valence-electron chi connectivity index (χ2n) is 1.39. The van der Waals surface area contributed by atoms with Crippen LogP contribution in [-0.4, -0.2) is 23.0 Å². The molecule has 0 aliphatic rings. The van der Waals surface area contributed by atoms with E-state index in [1.807, 2.05) is 0 Å². The Morgan fingerprint density at radius 3 is 3.22 bits per heavy atom. The summed E-state index contributed by atoms with van der Waals surface area (Å²) in [7, 11) is 1.30. The number of carbonyl (C=O) groups is 1. The molecule has 1 aromatic rings. The van der Waals surface area contributed by atoms with Crippen LogP contribution in [0.3, 0.4) is 0 Å². The molecule has 1 radical (unpaired) electrons. The molecule has 1 aromatic heterocycles. The number of nitrogens with zero attached hydrogens (tertiary/aromatic N) is 1. The minimum absolute atomic E-state index is 0.248. The van der Waals surface area contributed by atoms with E-state index >= 15 is 0 Å². The lowest BCUT2D eigenvalue weighted by Gasteiger charge is -1.89. The molecule has 0 spiro atoms. The number of imidazole rings is 1. The van der Waals surface area contributed by atoms with E-state index in [2.05, 4.69) is 21.0 Å². The normalized spacial score (nSPS) is 9.00. The van der Waals surface area contributed by atoms with E-state index in [9.17, 15) is 4.79 Å². The van der Waals surface area contributed by atoms with Crippen LogP contribution in [0.15, 0.2) is 6.20 Å². The number of aromatic amines is 1. The van der Waals surface area contributed by atoms with Gasteiger partial charge < -0.3 is 9.72 Å². The summed E-state index contributed by atoms with van der Waals surface area (Å²) in [6.45, 7) is 0. The van der Waals surface area contributed by atoms with Crippen LogP contribution in [0.2, 0.25) is 0 Å². The van der Waals surface area contributed by atoms with Crippen molar-refractivity contribution in [1.29, 1.82) is 0 Å². The van der Waals surface area contributed by atoms with E-state index in [-0.39, 0.29) is 5.69 Å². The molecule has 0 amide bonds. The summed E-state index contributed by atoms with van der Waals surface area (Å²) >= 11 is 0. The van der Waals surface area contributed by atoms with Gasteiger partial charge in [0.2, 0.25) is 0 Å². The molecule has 0 atom stereocenters. The topological polar surface area (TPSA) is 55.0 Å². The maximum Gasteiger partial charge on any atom is 0.358 e. The van der Waals surface area contributed by atoms with Gasteiger partial charge in [-0.3, -0.25) is 0 Å². The average Bonchev–Trinajstić information content (AvgIpc) is 2.37. The van der Waals surface area contributed by atoms with Crippen molar-refractivity contribution in [3.8, 4) is 0 Å². The first-order valence-electron chi connectivity index (χ1n) is 2.34. The monoisotopic (exact) mass is 125 g/mol. The van der Waals surface area contributed by atoms with Gasteiger partial charge in [0.1, 0.15) is 0 Å². The van der Waals surface area contributed by atoms with E-state index in [0.29, 0.717) is 0 Å². The number of methoxy groups -OCH3 is 1. The van der Waals surface area contributed by atoms with Gasteiger partial charge in [-0.05, 0) is 0 Å². The summed E-state index contributed by atoms with van der Waals surface area (Å²) in [5.74, 6) is -0.451. The Bertz CT molecular complexity index is 193. The van der Waals surface area contributed by atoms with Crippen molar-refractivity contribution < 1.29 is 9.53 Å². The van der Waals surface area contributed by atoms with Crippen LogP contribution < -0.4 is 0 Å². The zero-order valence-corrected chi connectivity index (χ0v) is 4.84. The Hall–Kier alpha value is -1.32. The maximum absolute atomic E-state index is 10.5. The Balaban J connectivity index is 2.77. The second-order valence-corrected chi connectivity index (χ2v) is 1.39. The number of esters is 1. The third-order valence-corrected chi connectivity index (χ3v) is 0.844. The highest BCUT2D eigenvalue weighted by atomic mass is 16.5. The lowest BCUT2D eigenvalue weighted by molar-refractivity contribution is 0.0594. The number of hydrogen-bond acceptors (Lipinski definition) is 3. The molecule has 47 valence electrons. The molecule has 0 unspecified atom stereocenters. The van der Waals surface area contributed by atoms with Crippen molar-refractivity contribution in [3.63, 3.8) is 0 Å². The lowest BCUT2D eigenvalue weighted by Crippen LogP contribution is -2.00. The summed E-state index contributed by atoms with van der Waals surface area (Å²) in [4.78, 5) is 16.6. The minimum Gasteiger partial charge on any atom is -0.464 e. The number of H-pyrrole nitrogens is 1. The summed E-state index contributed by atoms with van der Waals surface area (Å²) in [5, 5.41) is 0. The summed E-state index contributed by atoms with van der Waals surface area (Å²) in [5.41, 5.74) is 0.248. The number of rotatable bonds is 1. The van der Waals surface area contributed by atoms with Crippen LogP contribution in [0, 0.1) is 6.33 Å². The molecule has 9 heavy (non-hydrogen) atoms. The molecule has 1 N–H and O–H groups in total. The largest absolute Gasteiger partial charge is 0.464 e. The van der Waals surface area contributed by atoms with Crippen molar-refractivity contribution in [2.24, 2.45) is 0 Å². The smallest absolute Gasteiger partial charge is 0.358 e. The van der Waals surface area contributed by atoms with Crippen molar-refractivity contribution in [3.05, 3.63) is 18.2 Å². The van der Waals surface area contributed by atoms with E-state index in [1.54, 1.807) is 0 Å². The fraction of sp³-hybridized carbons (Fsp3) is 0.200. The quantitative estimate of drug-likeness (QED) is 0.537. The molecule has 0 aliphatic heterocycles. The highest BCUT2D eigenvalue weighted by Gasteiger charge is 2.04. The van der Waals surface area contributed by atoms with Gasteiger partial charge in [0.05, 0.1) is 7.11 Å². The van der Waals surface area contributed by atoms with Crippen LogP contribution in [0.25, 0.3) is 0 Å². The zero-order chi connectivity index (χ0) is 6.69. The van der Waals surface area contributed by atoms with E-state index in [1.165, 1.54) is 13.3 Å². The highest BCUT2D eigenvalue weighted by Crippen LogP contribution is 1.91. The highest BCUT2D eigenvalue weighted by molar-refractivity contribution is 5.86. The molecule has 0 bridgehead atoms. The number of aromatic nitrogens is 2. The first-order chi connectivity index (χ1) is 4.34. The molecule has 0 fully saturated rings. The number of ether oxygens (including phenoxy) is 1. The van der Waals surface area contributed by atoms with E-state index < -0.39 is 5.97 Å². The summed E-state index contributed by atoms with van der Waals surface area (Å²) in [6, 6.07) is 0. The molecule has 0 saturated heterocycles.